The van der Waals surface area contributed by atoms with Crippen molar-refractivity contribution in [3.8, 4) is 0 Å². The van der Waals surface area contributed by atoms with Gasteiger partial charge in [0, 0.05) is 19.1 Å². The molecule has 1 amide bonds. The molecule has 0 unspecified atom stereocenters. The van der Waals surface area contributed by atoms with Gasteiger partial charge in [0.2, 0.25) is 15.9 Å². The van der Waals surface area contributed by atoms with Crippen LogP contribution in [0.4, 0.5) is 0 Å². The molecule has 0 radical (unpaired) electrons. The molecule has 1 aliphatic rings. The van der Waals surface area contributed by atoms with Gasteiger partial charge < -0.3 is 5.32 Å². The smallest absolute Gasteiger partial charge is 0.224 e. The van der Waals surface area contributed by atoms with E-state index in [1.165, 1.54) is 4.31 Å². The lowest BCUT2D eigenvalue weighted by atomic mass is 9.98. The van der Waals surface area contributed by atoms with Gasteiger partial charge in [-0.3, -0.25) is 4.79 Å². The molecule has 1 heterocycles. The van der Waals surface area contributed by atoms with Gasteiger partial charge in [-0.2, -0.15) is 0 Å². The quantitative estimate of drug-likeness (QED) is 0.820. The molecule has 0 aliphatic carbocycles. The summed E-state index contributed by atoms with van der Waals surface area (Å²) in [4.78, 5) is 12.4. The molecule has 2 rings (SSSR count). The number of rotatable bonds is 7. The first-order valence-electron chi connectivity index (χ1n) is 8.74. The molecule has 0 bridgehead atoms. The predicted molar refractivity (Wildman–Crippen MR) is 95.9 cm³/mol. The van der Waals surface area contributed by atoms with Gasteiger partial charge in [-0.1, -0.05) is 43.7 Å². The topological polar surface area (TPSA) is 66.5 Å². The van der Waals surface area contributed by atoms with E-state index < -0.39 is 10.0 Å². The summed E-state index contributed by atoms with van der Waals surface area (Å²) < 4.78 is 26.8. The van der Waals surface area contributed by atoms with Crippen molar-refractivity contribution in [1.29, 1.82) is 0 Å². The Morgan fingerprint density at radius 1 is 1.33 bits per heavy atom. The molecule has 6 heteroatoms. The van der Waals surface area contributed by atoms with E-state index in [4.69, 9.17) is 0 Å². The van der Waals surface area contributed by atoms with Gasteiger partial charge >= 0.3 is 0 Å². The lowest BCUT2D eigenvalue weighted by Gasteiger charge is -2.32. The average Bonchev–Trinajstić information content (AvgIpc) is 2.55. The van der Waals surface area contributed by atoms with Crippen molar-refractivity contribution in [3.63, 3.8) is 0 Å². The number of sulfonamides is 1. The van der Waals surface area contributed by atoms with Crippen LogP contribution < -0.4 is 5.32 Å². The maximum absolute atomic E-state index is 12.6. The zero-order valence-corrected chi connectivity index (χ0v) is 15.4. The number of carbonyl (C=O) groups excluding carboxylic acids is 1. The third-order valence-corrected chi connectivity index (χ3v) is 6.27. The minimum Gasteiger partial charge on any atom is -0.353 e. The summed E-state index contributed by atoms with van der Waals surface area (Å²) in [6.07, 6.45) is 3.44. The van der Waals surface area contributed by atoms with Crippen molar-refractivity contribution in [1.82, 2.24) is 9.62 Å². The number of hydrogen-bond acceptors (Lipinski definition) is 3. The van der Waals surface area contributed by atoms with E-state index in [0.717, 1.165) is 31.2 Å². The summed E-state index contributed by atoms with van der Waals surface area (Å²) in [6.45, 7) is 4.87. The second-order valence-corrected chi connectivity index (χ2v) is 8.61. The van der Waals surface area contributed by atoms with Crippen molar-refractivity contribution in [3.05, 3.63) is 35.9 Å². The number of amides is 1. The Hall–Kier alpha value is -1.40. The molecule has 24 heavy (non-hydrogen) atoms. The van der Waals surface area contributed by atoms with Crippen LogP contribution in [-0.4, -0.2) is 37.8 Å². The van der Waals surface area contributed by atoms with Crippen LogP contribution in [0, 0.1) is 5.92 Å². The van der Waals surface area contributed by atoms with Crippen molar-refractivity contribution in [2.75, 3.05) is 13.1 Å². The van der Waals surface area contributed by atoms with Crippen molar-refractivity contribution >= 4 is 15.9 Å². The van der Waals surface area contributed by atoms with Gasteiger partial charge in [0.05, 0.1) is 11.7 Å². The van der Waals surface area contributed by atoms with E-state index in [9.17, 15) is 13.2 Å². The molecule has 1 aromatic rings. The average molecular weight is 353 g/mol. The van der Waals surface area contributed by atoms with Crippen LogP contribution in [0.1, 0.15) is 45.1 Å². The molecular weight excluding hydrogens is 324 g/mol. The van der Waals surface area contributed by atoms with Crippen LogP contribution in [-0.2, 0) is 20.6 Å². The maximum atomic E-state index is 12.6. The van der Waals surface area contributed by atoms with Crippen LogP contribution in [0.5, 0.6) is 0 Å². The summed E-state index contributed by atoms with van der Waals surface area (Å²) in [5.41, 5.74) is 0.778. The van der Waals surface area contributed by atoms with E-state index in [1.54, 1.807) is 0 Å². The first-order valence-corrected chi connectivity index (χ1v) is 10.4. The molecule has 2 atom stereocenters. The Morgan fingerprint density at radius 3 is 2.71 bits per heavy atom. The monoisotopic (exact) mass is 352 g/mol. The lowest BCUT2D eigenvalue weighted by Crippen LogP contribution is -2.47. The zero-order chi connectivity index (χ0) is 17.6. The fourth-order valence-electron chi connectivity index (χ4n) is 3.15. The highest BCUT2D eigenvalue weighted by Gasteiger charge is 2.32. The number of nitrogens with one attached hydrogen (secondary N) is 1. The molecule has 0 saturated carbocycles. The Balaban J connectivity index is 1.98. The van der Waals surface area contributed by atoms with Crippen molar-refractivity contribution in [2.24, 2.45) is 5.92 Å². The molecule has 0 spiro atoms. The SMILES string of the molecule is CCC[C@H](C)NC(=O)[C@H]1CCCN(S(=O)(=O)Cc2ccccc2)C1. The summed E-state index contributed by atoms with van der Waals surface area (Å²) in [6, 6.07) is 9.32. The summed E-state index contributed by atoms with van der Waals surface area (Å²) >= 11 is 0. The summed E-state index contributed by atoms with van der Waals surface area (Å²) in [5.74, 6) is -0.270. The molecular formula is C18H28N2O3S. The highest BCUT2D eigenvalue weighted by atomic mass is 32.2. The molecule has 1 aromatic carbocycles. The number of carbonyl (C=O) groups is 1. The van der Waals surface area contributed by atoms with Crippen LogP contribution in [0.25, 0.3) is 0 Å². The van der Waals surface area contributed by atoms with Gasteiger partial charge in [-0.15, -0.1) is 0 Å². The zero-order valence-electron chi connectivity index (χ0n) is 14.6. The van der Waals surface area contributed by atoms with E-state index in [2.05, 4.69) is 12.2 Å². The van der Waals surface area contributed by atoms with E-state index in [0.29, 0.717) is 13.1 Å². The van der Waals surface area contributed by atoms with Crippen LogP contribution in [0.15, 0.2) is 30.3 Å². The lowest BCUT2D eigenvalue weighted by molar-refractivity contribution is -0.126. The molecule has 1 aliphatic heterocycles. The van der Waals surface area contributed by atoms with Gasteiger partial charge in [-0.05, 0) is 31.7 Å². The first-order chi connectivity index (χ1) is 11.4. The fraction of sp³-hybridized carbons (Fsp3) is 0.611. The number of nitrogens with zero attached hydrogens (tertiary/aromatic N) is 1. The molecule has 5 nitrogen and oxygen atoms in total. The highest BCUT2D eigenvalue weighted by Crippen LogP contribution is 2.22. The van der Waals surface area contributed by atoms with Crippen LogP contribution in [0.3, 0.4) is 0 Å². The Labute approximate surface area is 145 Å². The maximum Gasteiger partial charge on any atom is 0.224 e. The van der Waals surface area contributed by atoms with E-state index in [1.807, 2.05) is 37.3 Å². The van der Waals surface area contributed by atoms with Gasteiger partial charge in [0.1, 0.15) is 0 Å². The standard InChI is InChI=1S/C18H28N2O3S/c1-3-8-15(2)19-18(21)17-11-7-12-20(13-17)24(22,23)14-16-9-5-4-6-10-16/h4-6,9-10,15,17H,3,7-8,11-14H2,1-2H3,(H,19,21)/t15-,17-/m0/s1. The third kappa shape index (κ3) is 5.31. The molecule has 134 valence electrons. The largest absolute Gasteiger partial charge is 0.353 e. The van der Waals surface area contributed by atoms with Crippen molar-refractivity contribution in [2.45, 2.75) is 51.3 Å². The molecule has 1 saturated heterocycles. The Bertz CT molecular complexity index is 631. The summed E-state index contributed by atoms with van der Waals surface area (Å²) in [7, 11) is -3.39. The summed E-state index contributed by atoms with van der Waals surface area (Å²) in [5, 5.41) is 3.01. The molecule has 1 N–H and O–H groups in total. The Kier molecular flexibility index (Phi) is 6.80. The molecule has 0 aromatic heterocycles. The predicted octanol–water partition coefficient (Wildman–Crippen LogP) is 2.53. The Morgan fingerprint density at radius 2 is 2.04 bits per heavy atom. The van der Waals surface area contributed by atoms with Crippen LogP contribution >= 0.6 is 0 Å². The van der Waals surface area contributed by atoms with Crippen molar-refractivity contribution < 1.29 is 13.2 Å². The molecule has 1 fully saturated rings. The van der Waals surface area contributed by atoms with Gasteiger partial charge in [0.25, 0.3) is 0 Å². The minimum absolute atomic E-state index is 0.00554. The minimum atomic E-state index is -3.39. The number of benzene rings is 1. The van der Waals surface area contributed by atoms with E-state index >= 15 is 0 Å². The van der Waals surface area contributed by atoms with Gasteiger partial charge in [0.15, 0.2) is 0 Å². The second kappa shape index (κ2) is 8.62. The fourth-order valence-corrected chi connectivity index (χ4v) is 4.76. The number of hydrogen-bond donors (Lipinski definition) is 1. The number of piperidine rings is 1. The van der Waals surface area contributed by atoms with E-state index in [-0.39, 0.29) is 23.6 Å². The highest BCUT2D eigenvalue weighted by molar-refractivity contribution is 7.88. The first kappa shape index (κ1) is 18.9. The van der Waals surface area contributed by atoms with Crippen LogP contribution in [0.2, 0.25) is 0 Å². The normalized spacial score (nSPS) is 20.5. The second-order valence-electron chi connectivity index (χ2n) is 6.64. The van der Waals surface area contributed by atoms with Gasteiger partial charge in [-0.25, -0.2) is 12.7 Å². The third-order valence-electron chi connectivity index (χ3n) is 4.45.